The average Bonchev–Trinajstić information content (AvgIpc) is 3.54. The van der Waals surface area contributed by atoms with Crippen LogP contribution in [-0.4, -0.2) is 47.4 Å². The van der Waals surface area contributed by atoms with Gasteiger partial charge in [0.05, 0.1) is 18.6 Å². The Morgan fingerprint density at radius 3 is 2.75 bits per heavy atom. The molecule has 2 atom stereocenters. The Labute approximate surface area is 221 Å². The minimum absolute atomic E-state index is 0.142. The summed E-state index contributed by atoms with van der Waals surface area (Å²) < 4.78 is 10.9. The third-order valence-corrected chi connectivity index (χ3v) is 8.47. The molecule has 1 saturated carbocycles. The van der Waals surface area contributed by atoms with Crippen molar-refractivity contribution in [2.24, 2.45) is 0 Å². The fourth-order valence-electron chi connectivity index (χ4n) is 5.34. The lowest BCUT2D eigenvalue weighted by Gasteiger charge is -2.27. The third-order valence-electron chi connectivity index (χ3n) is 7.09. The van der Waals surface area contributed by atoms with Crippen LogP contribution in [0.25, 0.3) is 6.08 Å². The molecule has 36 heavy (non-hydrogen) atoms. The maximum Gasteiger partial charge on any atom is 0.326 e. The first kappa shape index (κ1) is 24.8. The van der Waals surface area contributed by atoms with Crippen molar-refractivity contribution in [2.75, 3.05) is 25.2 Å². The van der Waals surface area contributed by atoms with E-state index in [1.807, 2.05) is 25.1 Å². The van der Waals surface area contributed by atoms with Crippen LogP contribution in [0.2, 0.25) is 0 Å². The first-order valence-electron chi connectivity index (χ1n) is 12.5. The first-order valence-corrected chi connectivity index (χ1v) is 13.7. The molecular weight excluding hydrogens is 492 g/mol. The van der Waals surface area contributed by atoms with Gasteiger partial charge >= 0.3 is 5.97 Å². The Kier molecular flexibility index (Phi) is 7.34. The number of carbonyl (C=O) groups is 2. The van der Waals surface area contributed by atoms with E-state index in [2.05, 4.69) is 35.2 Å². The number of carbonyl (C=O) groups excluding carboxylic acids is 2. The van der Waals surface area contributed by atoms with Crippen molar-refractivity contribution in [3.8, 4) is 5.75 Å². The molecule has 0 radical (unpaired) electrons. The molecule has 2 aromatic carbocycles. The van der Waals surface area contributed by atoms with Crippen molar-refractivity contribution < 1.29 is 19.1 Å². The number of esters is 1. The van der Waals surface area contributed by atoms with Crippen LogP contribution in [-0.2, 0) is 14.3 Å². The normalized spacial score (nSPS) is 21.8. The molecule has 188 valence electrons. The van der Waals surface area contributed by atoms with Crippen molar-refractivity contribution in [1.82, 2.24) is 4.90 Å². The molecule has 2 fully saturated rings. The number of amides is 1. The second kappa shape index (κ2) is 10.6. The van der Waals surface area contributed by atoms with Crippen LogP contribution >= 0.6 is 24.0 Å². The van der Waals surface area contributed by atoms with E-state index in [9.17, 15) is 9.59 Å². The molecular formula is C28H30N2O4S2. The molecule has 1 saturated heterocycles. The van der Waals surface area contributed by atoms with Crippen molar-refractivity contribution in [3.63, 3.8) is 0 Å². The maximum absolute atomic E-state index is 13.0. The summed E-state index contributed by atoms with van der Waals surface area (Å²) in [5, 5.41) is 0. The molecule has 6 nitrogen and oxygen atoms in total. The largest absolute Gasteiger partial charge is 0.497 e. The zero-order valence-corrected chi connectivity index (χ0v) is 22.2. The lowest BCUT2D eigenvalue weighted by Crippen LogP contribution is -2.34. The quantitative estimate of drug-likeness (QED) is 0.182. The van der Waals surface area contributed by atoms with Crippen molar-refractivity contribution in [1.29, 1.82) is 0 Å². The molecule has 0 bridgehead atoms. The van der Waals surface area contributed by atoms with Crippen LogP contribution in [0.3, 0.4) is 0 Å². The molecule has 1 aliphatic carbocycles. The minimum atomic E-state index is -0.426. The second-order valence-corrected chi connectivity index (χ2v) is 11.0. The van der Waals surface area contributed by atoms with Gasteiger partial charge in [-0.2, -0.15) is 0 Å². The monoisotopic (exact) mass is 522 g/mol. The Hall–Kier alpha value is -2.84. The van der Waals surface area contributed by atoms with Gasteiger partial charge < -0.3 is 14.4 Å². The van der Waals surface area contributed by atoms with Crippen LogP contribution < -0.4 is 9.64 Å². The van der Waals surface area contributed by atoms with Gasteiger partial charge in [-0.1, -0.05) is 49.8 Å². The standard InChI is InChI=1S/C28H30N2O4S2/c1-3-4-14-34-26(31)17-29-27(32)25(36-28(29)35)16-18-8-13-24-22(15-18)21-6-5-7-23(21)30(24)19-9-11-20(33-2)12-10-19/h8-13,15-16,21,23H,3-7,14,17H2,1-2H3/b25-16-. The van der Waals surface area contributed by atoms with E-state index in [1.54, 1.807) is 7.11 Å². The second-order valence-electron chi connectivity index (χ2n) is 9.33. The molecule has 5 rings (SSSR count). The number of thiocarbonyl (C=S) groups is 1. The molecule has 2 unspecified atom stereocenters. The van der Waals surface area contributed by atoms with Gasteiger partial charge in [-0.25, -0.2) is 0 Å². The zero-order chi connectivity index (χ0) is 25.2. The van der Waals surface area contributed by atoms with E-state index in [0.717, 1.165) is 37.0 Å². The van der Waals surface area contributed by atoms with E-state index < -0.39 is 5.97 Å². The predicted octanol–water partition coefficient (Wildman–Crippen LogP) is 6.03. The van der Waals surface area contributed by atoms with Crippen LogP contribution in [0.15, 0.2) is 47.4 Å². The summed E-state index contributed by atoms with van der Waals surface area (Å²) in [6.07, 6.45) is 7.17. The average molecular weight is 523 g/mol. The van der Waals surface area contributed by atoms with E-state index in [4.69, 9.17) is 21.7 Å². The van der Waals surface area contributed by atoms with Gasteiger partial charge in [0.2, 0.25) is 0 Å². The number of ether oxygens (including phenoxy) is 2. The summed E-state index contributed by atoms with van der Waals surface area (Å²) in [6, 6.07) is 15.1. The van der Waals surface area contributed by atoms with Crippen LogP contribution in [0.5, 0.6) is 5.75 Å². The predicted molar refractivity (Wildman–Crippen MR) is 148 cm³/mol. The van der Waals surface area contributed by atoms with Gasteiger partial charge in [0.25, 0.3) is 5.91 Å². The highest BCUT2D eigenvalue weighted by Crippen LogP contribution is 2.52. The molecule has 8 heteroatoms. The van der Waals surface area contributed by atoms with E-state index in [1.165, 1.54) is 40.0 Å². The van der Waals surface area contributed by atoms with E-state index in [-0.39, 0.29) is 12.5 Å². The lowest BCUT2D eigenvalue weighted by atomic mass is 9.96. The van der Waals surface area contributed by atoms with Gasteiger partial charge in [0, 0.05) is 23.3 Å². The Bertz CT molecular complexity index is 1210. The molecule has 0 aromatic heterocycles. The SMILES string of the molecule is CCCCOC(=O)CN1C(=O)/C(=C/c2ccc3c(c2)C2CCCC2N3c2ccc(OC)cc2)SC1=S. The number of rotatable bonds is 8. The van der Waals surface area contributed by atoms with Crippen LogP contribution in [0, 0.1) is 0 Å². The van der Waals surface area contributed by atoms with Gasteiger partial charge in [-0.15, -0.1) is 0 Å². The number of unbranched alkanes of at least 4 members (excludes halogenated alkanes) is 1. The van der Waals surface area contributed by atoms with E-state index in [0.29, 0.717) is 27.8 Å². The maximum atomic E-state index is 13.0. The highest BCUT2D eigenvalue weighted by Gasteiger charge is 2.42. The molecule has 2 heterocycles. The minimum Gasteiger partial charge on any atom is -0.497 e. The molecule has 1 amide bonds. The molecule has 0 spiro atoms. The van der Waals surface area contributed by atoms with Gasteiger partial charge in [-0.3, -0.25) is 14.5 Å². The molecule has 3 aliphatic rings. The third kappa shape index (κ3) is 4.76. The number of hydrogen-bond donors (Lipinski definition) is 0. The Morgan fingerprint density at radius 2 is 2.00 bits per heavy atom. The number of thioether (sulfide) groups is 1. The summed E-state index contributed by atoms with van der Waals surface area (Å²) in [6.45, 7) is 2.25. The summed E-state index contributed by atoms with van der Waals surface area (Å²) in [4.78, 5) is 29.5. The summed E-state index contributed by atoms with van der Waals surface area (Å²) >= 11 is 6.64. The van der Waals surface area contributed by atoms with Gasteiger partial charge in [-0.05, 0) is 72.9 Å². The van der Waals surface area contributed by atoms with Gasteiger partial charge in [0.1, 0.15) is 16.6 Å². The number of nitrogens with zero attached hydrogens (tertiary/aromatic N) is 2. The van der Waals surface area contributed by atoms with Crippen molar-refractivity contribution >= 4 is 57.6 Å². The summed E-state index contributed by atoms with van der Waals surface area (Å²) in [7, 11) is 1.68. The van der Waals surface area contributed by atoms with Crippen LogP contribution in [0.4, 0.5) is 11.4 Å². The molecule has 0 N–H and O–H groups in total. The summed E-state index contributed by atoms with van der Waals surface area (Å²) in [5.41, 5.74) is 4.71. The van der Waals surface area contributed by atoms with E-state index >= 15 is 0 Å². The highest BCUT2D eigenvalue weighted by atomic mass is 32.2. The topological polar surface area (TPSA) is 59.1 Å². The number of fused-ring (bicyclic) bond motifs is 3. The Balaban J connectivity index is 1.36. The zero-order valence-electron chi connectivity index (χ0n) is 20.6. The number of methoxy groups -OCH3 is 1. The number of benzene rings is 2. The number of hydrogen-bond acceptors (Lipinski definition) is 7. The van der Waals surface area contributed by atoms with Gasteiger partial charge in [0.15, 0.2) is 0 Å². The smallest absolute Gasteiger partial charge is 0.326 e. The van der Waals surface area contributed by atoms with Crippen molar-refractivity contribution in [3.05, 3.63) is 58.5 Å². The lowest BCUT2D eigenvalue weighted by molar-refractivity contribution is -0.146. The first-order chi connectivity index (χ1) is 17.5. The molecule has 2 aromatic rings. The molecule has 2 aliphatic heterocycles. The highest BCUT2D eigenvalue weighted by molar-refractivity contribution is 8.26. The Morgan fingerprint density at radius 1 is 1.19 bits per heavy atom. The van der Waals surface area contributed by atoms with Crippen LogP contribution in [0.1, 0.15) is 56.1 Å². The van der Waals surface area contributed by atoms with Crippen molar-refractivity contribution in [2.45, 2.75) is 51.0 Å². The fourth-order valence-corrected chi connectivity index (χ4v) is 6.59. The summed E-state index contributed by atoms with van der Waals surface area (Å²) in [5.74, 6) is 0.659. The number of anilines is 2. The fraction of sp³-hybridized carbons (Fsp3) is 0.393.